The molecule has 2 fully saturated rings. The van der Waals surface area contributed by atoms with Crippen molar-refractivity contribution in [3.63, 3.8) is 0 Å². The fraction of sp³-hybridized carbons (Fsp3) is 0.600. The third kappa shape index (κ3) is 3.27. The van der Waals surface area contributed by atoms with Crippen LogP contribution in [0.1, 0.15) is 31.2 Å². The molecule has 1 aliphatic carbocycles. The molecule has 3 heteroatoms. The van der Waals surface area contributed by atoms with Crippen LogP contribution in [0.15, 0.2) is 22.7 Å². The standard InChI is InChI=1S/C15H20BrNO/c16-13-5-6-15(18-10-11-3-4-11)12(8-13)9-14-2-1-7-17-14/h5-6,8,11,14,17H,1-4,7,9-10H2. The second kappa shape index (κ2) is 5.62. The maximum Gasteiger partial charge on any atom is 0.122 e. The number of hydrogen-bond acceptors (Lipinski definition) is 2. The van der Waals surface area contributed by atoms with Crippen LogP contribution >= 0.6 is 15.9 Å². The normalized spacial score (nSPS) is 23.3. The van der Waals surface area contributed by atoms with Gasteiger partial charge in [0.2, 0.25) is 0 Å². The number of halogens is 1. The fourth-order valence-electron chi connectivity index (χ4n) is 2.54. The predicted molar refractivity (Wildman–Crippen MR) is 77.1 cm³/mol. The SMILES string of the molecule is Brc1ccc(OCC2CC2)c(CC2CCCN2)c1. The van der Waals surface area contributed by atoms with Gasteiger partial charge in [0.15, 0.2) is 0 Å². The van der Waals surface area contributed by atoms with Crippen molar-refractivity contribution in [2.24, 2.45) is 5.92 Å². The fourth-order valence-corrected chi connectivity index (χ4v) is 2.95. The molecule has 18 heavy (non-hydrogen) atoms. The zero-order valence-corrected chi connectivity index (χ0v) is 12.2. The van der Waals surface area contributed by atoms with Crippen molar-refractivity contribution in [2.45, 2.75) is 38.1 Å². The van der Waals surface area contributed by atoms with Gasteiger partial charge in [-0.2, -0.15) is 0 Å². The molecule has 2 nitrogen and oxygen atoms in total. The molecule has 98 valence electrons. The summed E-state index contributed by atoms with van der Waals surface area (Å²) in [7, 11) is 0. The van der Waals surface area contributed by atoms with Gasteiger partial charge in [-0.05, 0) is 68.3 Å². The molecular weight excluding hydrogens is 290 g/mol. The van der Waals surface area contributed by atoms with Crippen LogP contribution < -0.4 is 10.1 Å². The molecule has 0 radical (unpaired) electrons. The highest BCUT2D eigenvalue weighted by Gasteiger charge is 2.23. The molecule has 1 unspecified atom stereocenters. The quantitative estimate of drug-likeness (QED) is 0.898. The second-order valence-electron chi connectivity index (χ2n) is 5.50. The van der Waals surface area contributed by atoms with Crippen molar-refractivity contribution in [2.75, 3.05) is 13.2 Å². The van der Waals surface area contributed by atoms with E-state index in [1.165, 1.54) is 31.2 Å². The largest absolute Gasteiger partial charge is 0.493 e. The molecule has 1 heterocycles. The molecule has 0 aromatic heterocycles. The summed E-state index contributed by atoms with van der Waals surface area (Å²) < 4.78 is 7.13. The van der Waals surface area contributed by atoms with Crippen LogP contribution in [0.3, 0.4) is 0 Å². The summed E-state index contributed by atoms with van der Waals surface area (Å²) in [5, 5.41) is 3.56. The Balaban J connectivity index is 1.69. The van der Waals surface area contributed by atoms with Gasteiger partial charge in [0.1, 0.15) is 5.75 Å². The lowest BCUT2D eigenvalue weighted by Gasteiger charge is -2.15. The van der Waals surface area contributed by atoms with Crippen LogP contribution in [-0.4, -0.2) is 19.2 Å². The molecule has 0 bridgehead atoms. The molecule has 2 aliphatic rings. The van der Waals surface area contributed by atoms with Crippen molar-refractivity contribution >= 4 is 15.9 Å². The predicted octanol–water partition coefficient (Wildman–Crippen LogP) is 3.53. The van der Waals surface area contributed by atoms with E-state index in [9.17, 15) is 0 Å². The average Bonchev–Trinajstić information content (AvgIpc) is 3.05. The molecule has 3 rings (SSSR count). The zero-order valence-electron chi connectivity index (χ0n) is 10.6. The summed E-state index contributed by atoms with van der Waals surface area (Å²) in [6.45, 7) is 2.06. The van der Waals surface area contributed by atoms with Crippen molar-refractivity contribution in [1.29, 1.82) is 0 Å². The summed E-state index contributed by atoms with van der Waals surface area (Å²) in [4.78, 5) is 0. The topological polar surface area (TPSA) is 21.3 Å². The van der Waals surface area contributed by atoms with Gasteiger partial charge in [-0.15, -0.1) is 0 Å². The van der Waals surface area contributed by atoms with E-state index in [0.29, 0.717) is 6.04 Å². The van der Waals surface area contributed by atoms with E-state index >= 15 is 0 Å². The Morgan fingerprint density at radius 3 is 2.89 bits per heavy atom. The lowest BCUT2D eigenvalue weighted by atomic mass is 10.0. The Kier molecular flexibility index (Phi) is 3.90. The van der Waals surface area contributed by atoms with Crippen LogP contribution in [0.25, 0.3) is 0 Å². The average molecular weight is 310 g/mol. The Hall–Kier alpha value is -0.540. The lowest BCUT2D eigenvalue weighted by Crippen LogP contribution is -2.24. The zero-order chi connectivity index (χ0) is 12.4. The van der Waals surface area contributed by atoms with Crippen LogP contribution in [0.2, 0.25) is 0 Å². The monoisotopic (exact) mass is 309 g/mol. The maximum absolute atomic E-state index is 5.98. The Bertz CT molecular complexity index is 411. The first-order chi connectivity index (χ1) is 8.81. The molecule has 1 aromatic carbocycles. The van der Waals surface area contributed by atoms with Gasteiger partial charge in [0, 0.05) is 10.5 Å². The summed E-state index contributed by atoms with van der Waals surface area (Å²) in [5.74, 6) is 1.89. The van der Waals surface area contributed by atoms with E-state index in [4.69, 9.17) is 4.74 Å². The Morgan fingerprint density at radius 2 is 2.17 bits per heavy atom. The van der Waals surface area contributed by atoms with E-state index in [0.717, 1.165) is 35.7 Å². The highest BCUT2D eigenvalue weighted by Crippen LogP contribution is 2.31. The van der Waals surface area contributed by atoms with Crippen LogP contribution in [0.5, 0.6) is 5.75 Å². The van der Waals surface area contributed by atoms with Gasteiger partial charge in [0.25, 0.3) is 0 Å². The molecule has 0 amide bonds. The van der Waals surface area contributed by atoms with Gasteiger partial charge < -0.3 is 10.1 Å². The first kappa shape index (κ1) is 12.5. The van der Waals surface area contributed by atoms with E-state index < -0.39 is 0 Å². The minimum Gasteiger partial charge on any atom is -0.493 e. The number of hydrogen-bond donors (Lipinski definition) is 1. The molecule has 0 spiro atoms. The van der Waals surface area contributed by atoms with Crippen LogP contribution in [0, 0.1) is 5.92 Å². The van der Waals surface area contributed by atoms with Crippen LogP contribution in [-0.2, 0) is 6.42 Å². The summed E-state index contributed by atoms with van der Waals surface area (Å²) >= 11 is 3.56. The number of ether oxygens (including phenoxy) is 1. The lowest BCUT2D eigenvalue weighted by molar-refractivity contribution is 0.296. The summed E-state index contributed by atoms with van der Waals surface area (Å²) in [5.41, 5.74) is 1.34. The summed E-state index contributed by atoms with van der Waals surface area (Å²) in [6, 6.07) is 7.02. The Morgan fingerprint density at radius 1 is 1.28 bits per heavy atom. The number of rotatable bonds is 5. The van der Waals surface area contributed by atoms with E-state index in [1.54, 1.807) is 0 Å². The third-order valence-corrected chi connectivity index (χ3v) is 4.32. The molecule has 1 saturated carbocycles. The minimum atomic E-state index is 0.627. The van der Waals surface area contributed by atoms with E-state index in [-0.39, 0.29) is 0 Å². The summed E-state index contributed by atoms with van der Waals surface area (Å²) in [6.07, 6.45) is 6.36. The van der Waals surface area contributed by atoms with Gasteiger partial charge in [0.05, 0.1) is 6.61 Å². The molecule has 1 aromatic rings. The van der Waals surface area contributed by atoms with Gasteiger partial charge in [-0.25, -0.2) is 0 Å². The number of nitrogens with one attached hydrogen (secondary N) is 1. The van der Waals surface area contributed by atoms with E-state index in [2.05, 4.69) is 39.4 Å². The van der Waals surface area contributed by atoms with Gasteiger partial charge in [-0.3, -0.25) is 0 Å². The van der Waals surface area contributed by atoms with Crippen molar-refractivity contribution in [3.8, 4) is 5.75 Å². The maximum atomic E-state index is 5.98. The molecule has 1 saturated heterocycles. The molecule has 1 atom stereocenters. The third-order valence-electron chi connectivity index (χ3n) is 3.82. The second-order valence-corrected chi connectivity index (χ2v) is 6.42. The van der Waals surface area contributed by atoms with Crippen molar-refractivity contribution in [3.05, 3.63) is 28.2 Å². The highest BCUT2D eigenvalue weighted by atomic mass is 79.9. The van der Waals surface area contributed by atoms with Gasteiger partial charge >= 0.3 is 0 Å². The minimum absolute atomic E-state index is 0.627. The first-order valence-electron chi connectivity index (χ1n) is 6.96. The van der Waals surface area contributed by atoms with Crippen LogP contribution in [0.4, 0.5) is 0 Å². The molecule has 1 N–H and O–H groups in total. The van der Waals surface area contributed by atoms with Crippen molar-refractivity contribution < 1.29 is 4.74 Å². The molecular formula is C15H20BrNO. The van der Waals surface area contributed by atoms with E-state index in [1.807, 2.05) is 0 Å². The number of benzene rings is 1. The van der Waals surface area contributed by atoms with Gasteiger partial charge in [-0.1, -0.05) is 15.9 Å². The Labute approximate surface area is 117 Å². The smallest absolute Gasteiger partial charge is 0.122 e. The first-order valence-corrected chi connectivity index (χ1v) is 7.75. The van der Waals surface area contributed by atoms with Crippen molar-refractivity contribution in [1.82, 2.24) is 5.32 Å². The molecule has 1 aliphatic heterocycles. The highest BCUT2D eigenvalue weighted by molar-refractivity contribution is 9.10.